The van der Waals surface area contributed by atoms with Crippen LogP contribution in [0, 0.1) is 0 Å². The Hall–Kier alpha value is -1.73. The molecule has 0 radical (unpaired) electrons. The van der Waals surface area contributed by atoms with Crippen molar-refractivity contribution < 1.29 is 14.3 Å². The molecule has 2 amide bonds. The monoisotopic (exact) mass is 354 g/mol. The molecule has 0 saturated carbocycles. The van der Waals surface area contributed by atoms with Crippen molar-refractivity contribution in [2.24, 2.45) is 0 Å². The summed E-state index contributed by atoms with van der Waals surface area (Å²) in [6.45, 7) is 2.41. The summed E-state index contributed by atoms with van der Waals surface area (Å²) in [6.07, 6.45) is 1.49. The summed E-state index contributed by atoms with van der Waals surface area (Å²) in [6, 6.07) is 5.33. The van der Waals surface area contributed by atoms with Gasteiger partial charge in [-0.2, -0.15) is 0 Å². The van der Waals surface area contributed by atoms with Crippen LogP contribution in [-0.4, -0.2) is 23.5 Å². The molecule has 0 unspecified atom stereocenters. The third-order valence-electron chi connectivity index (χ3n) is 2.46. The zero-order chi connectivity index (χ0) is 14.7. The van der Waals surface area contributed by atoms with Gasteiger partial charge in [-0.1, -0.05) is 15.9 Å². The predicted octanol–water partition coefficient (Wildman–Crippen LogP) is 1.76. The van der Waals surface area contributed by atoms with Gasteiger partial charge in [-0.05, 0) is 49.0 Å². The minimum Gasteiger partial charge on any atom is -0.494 e. The molecule has 20 heavy (non-hydrogen) atoms. The van der Waals surface area contributed by atoms with Gasteiger partial charge < -0.3 is 4.74 Å². The Labute approximate surface area is 129 Å². The van der Waals surface area contributed by atoms with E-state index in [0.29, 0.717) is 17.9 Å². The molecule has 104 valence electrons. The van der Waals surface area contributed by atoms with E-state index in [2.05, 4.69) is 26.6 Å². The van der Waals surface area contributed by atoms with Crippen LogP contribution in [-0.2, 0) is 9.59 Å². The van der Waals surface area contributed by atoms with Crippen molar-refractivity contribution >= 4 is 51.2 Å². The Morgan fingerprint density at radius 1 is 1.25 bits per heavy atom. The predicted molar refractivity (Wildman–Crippen MR) is 82.2 cm³/mol. The number of hydrogen-bond acceptors (Lipinski definition) is 4. The van der Waals surface area contributed by atoms with Crippen LogP contribution in [0.3, 0.4) is 0 Å². The topological polar surface area (TPSA) is 67.4 Å². The van der Waals surface area contributed by atoms with Crippen molar-refractivity contribution in [3.63, 3.8) is 0 Å². The molecule has 1 aromatic rings. The molecule has 1 aliphatic heterocycles. The molecule has 0 aliphatic carbocycles. The third-order valence-corrected chi connectivity index (χ3v) is 3.12. The first-order chi connectivity index (χ1) is 9.49. The fourth-order valence-electron chi connectivity index (χ4n) is 1.69. The summed E-state index contributed by atoms with van der Waals surface area (Å²) in [4.78, 5) is 23.5. The van der Waals surface area contributed by atoms with Crippen molar-refractivity contribution in [1.29, 1.82) is 0 Å². The summed E-state index contributed by atoms with van der Waals surface area (Å²) in [7, 11) is 0. The number of rotatable bonds is 3. The summed E-state index contributed by atoms with van der Waals surface area (Å²) < 4.78 is 6.20. The van der Waals surface area contributed by atoms with Gasteiger partial charge in [0.15, 0.2) is 5.11 Å². The van der Waals surface area contributed by atoms with Crippen LogP contribution in [0.4, 0.5) is 0 Å². The molecule has 0 atom stereocenters. The number of nitrogens with one attached hydrogen (secondary N) is 2. The quantitative estimate of drug-likeness (QED) is 0.493. The summed E-state index contributed by atoms with van der Waals surface area (Å²) >= 11 is 8.09. The third kappa shape index (κ3) is 3.43. The average Bonchev–Trinajstić information content (AvgIpc) is 2.33. The van der Waals surface area contributed by atoms with E-state index in [-0.39, 0.29) is 10.7 Å². The maximum Gasteiger partial charge on any atom is 0.263 e. The van der Waals surface area contributed by atoms with Crippen molar-refractivity contribution in [2.45, 2.75) is 6.92 Å². The van der Waals surface area contributed by atoms with Crippen LogP contribution in [0.25, 0.3) is 6.08 Å². The summed E-state index contributed by atoms with van der Waals surface area (Å²) in [5.74, 6) is -0.380. The summed E-state index contributed by atoms with van der Waals surface area (Å²) in [5.41, 5.74) is 0.676. The number of carbonyl (C=O) groups excluding carboxylic acids is 2. The van der Waals surface area contributed by atoms with Crippen LogP contribution in [0.5, 0.6) is 5.75 Å². The van der Waals surface area contributed by atoms with Crippen LogP contribution in [0.1, 0.15) is 12.5 Å². The highest BCUT2D eigenvalue weighted by atomic mass is 79.9. The lowest BCUT2D eigenvalue weighted by atomic mass is 10.1. The average molecular weight is 355 g/mol. The summed E-state index contributed by atoms with van der Waals surface area (Å²) in [5, 5.41) is 4.78. The van der Waals surface area contributed by atoms with Gasteiger partial charge in [0, 0.05) is 4.47 Å². The Morgan fingerprint density at radius 3 is 2.50 bits per heavy atom. The van der Waals surface area contributed by atoms with E-state index in [1.807, 2.05) is 13.0 Å². The van der Waals surface area contributed by atoms with Gasteiger partial charge in [-0.3, -0.25) is 20.2 Å². The largest absolute Gasteiger partial charge is 0.494 e. The van der Waals surface area contributed by atoms with Crippen LogP contribution in [0.15, 0.2) is 28.2 Å². The molecule has 0 spiro atoms. The standard InChI is InChI=1S/C13H11BrN2O3S/c1-2-19-9-4-7(3-8(14)6-9)5-10-11(17)15-13(20)16-12(10)18/h3-6H,2H2,1H3,(H2,15,16,17,18,20). The molecule has 0 aromatic heterocycles. The first-order valence-electron chi connectivity index (χ1n) is 5.81. The molecule has 2 rings (SSSR count). The van der Waals surface area contributed by atoms with E-state index >= 15 is 0 Å². The number of halogens is 1. The van der Waals surface area contributed by atoms with Gasteiger partial charge in [-0.25, -0.2) is 0 Å². The number of thiocarbonyl (C=S) groups is 1. The molecule has 5 nitrogen and oxygen atoms in total. The Balaban J connectivity index is 2.36. The number of amides is 2. The molecular formula is C13H11BrN2O3S. The number of ether oxygens (including phenoxy) is 1. The van der Waals surface area contributed by atoms with Crippen molar-refractivity contribution in [2.75, 3.05) is 6.61 Å². The first kappa shape index (κ1) is 14.7. The minimum atomic E-state index is -0.517. The fourth-order valence-corrected chi connectivity index (χ4v) is 2.37. The zero-order valence-corrected chi connectivity index (χ0v) is 12.9. The fraction of sp³-hybridized carbons (Fsp3) is 0.154. The molecule has 1 saturated heterocycles. The second kappa shape index (κ2) is 6.15. The maximum absolute atomic E-state index is 11.7. The first-order valence-corrected chi connectivity index (χ1v) is 7.01. The normalized spacial score (nSPS) is 14.7. The van der Waals surface area contributed by atoms with Gasteiger partial charge in [-0.15, -0.1) is 0 Å². The lowest BCUT2D eigenvalue weighted by Crippen LogP contribution is -2.51. The van der Waals surface area contributed by atoms with Crippen molar-refractivity contribution in [1.82, 2.24) is 10.6 Å². The van der Waals surface area contributed by atoms with Crippen molar-refractivity contribution in [3.05, 3.63) is 33.8 Å². The van der Waals surface area contributed by atoms with E-state index in [4.69, 9.17) is 17.0 Å². The van der Waals surface area contributed by atoms with E-state index in [1.165, 1.54) is 6.08 Å². The second-order valence-electron chi connectivity index (χ2n) is 3.95. The number of hydrogen-bond donors (Lipinski definition) is 2. The van der Waals surface area contributed by atoms with E-state index in [0.717, 1.165) is 4.47 Å². The number of carbonyl (C=O) groups is 2. The molecule has 1 aliphatic rings. The lowest BCUT2D eigenvalue weighted by molar-refractivity contribution is -0.123. The SMILES string of the molecule is CCOc1cc(Br)cc(C=C2C(=O)NC(=S)NC2=O)c1. The van der Waals surface area contributed by atoms with Gasteiger partial charge in [0.05, 0.1) is 6.61 Å². The molecular weight excluding hydrogens is 344 g/mol. The van der Waals surface area contributed by atoms with Crippen LogP contribution >= 0.6 is 28.1 Å². The molecule has 1 aromatic carbocycles. The van der Waals surface area contributed by atoms with Crippen LogP contribution < -0.4 is 15.4 Å². The van der Waals surface area contributed by atoms with Gasteiger partial charge >= 0.3 is 0 Å². The van der Waals surface area contributed by atoms with Gasteiger partial charge in [0.25, 0.3) is 11.8 Å². The van der Waals surface area contributed by atoms with Crippen molar-refractivity contribution in [3.8, 4) is 5.75 Å². The Bertz CT molecular complexity index is 606. The number of benzene rings is 1. The highest BCUT2D eigenvalue weighted by Crippen LogP contribution is 2.23. The Kier molecular flexibility index (Phi) is 4.51. The lowest BCUT2D eigenvalue weighted by Gasteiger charge is -2.16. The molecule has 7 heteroatoms. The highest BCUT2D eigenvalue weighted by Gasteiger charge is 2.25. The molecule has 0 bridgehead atoms. The van der Waals surface area contributed by atoms with E-state index in [9.17, 15) is 9.59 Å². The molecule has 1 fully saturated rings. The Morgan fingerprint density at radius 2 is 1.90 bits per heavy atom. The second-order valence-corrected chi connectivity index (χ2v) is 5.27. The molecule has 2 N–H and O–H groups in total. The zero-order valence-electron chi connectivity index (χ0n) is 10.5. The van der Waals surface area contributed by atoms with Gasteiger partial charge in [0.1, 0.15) is 11.3 Å². The van der Waals surface area contributed by atoms with E-state index < -0.39 is 11.8 Å². The van der Waals surface area contributed by atoms with Crippen LogP contribution in [0.2, 0.25) is 0 Å². The minimum absolute atomic E-state index is 0.000788. The molecule has 1 heterocycles. The smallest absolute Gasteiger partial charge is 0.263 e. The highest BCUT2D eigenvalue weighted by molar-refractivity contribution is 9.10. The maximum atomic E-state index is 11.7. The van der Waals surface area contributed by atoms with E-state index in [1.54, 1.807) is 12.1 Å². The van der Waals surface area contributed by atoms with Gasteiger partial charge in [0.2, 0.25) is 0 Å².